The molecule has 0 spiro atoms. The van der Waals surface area contributed by atoms with Crippen LogP contribution in [0, 0.1) is 11.8 Å². The molecule has 3 aromatic carbocycles. The normalized spacial score (nSPS) is 18.0. The van der Waals surface area contributed by atoms with Crippen molar-refractivity contribution in [2.75, 3.05) is 13.1 Å². The Balaban J connectivity index is 1.04. The van der Waals surface area contributed by atoms with Gasteiger partial charge >= 0.3 is 12.2 Å². The van der Waals surface area contributed by atoms with Crippen molar-refractivity contribution in [1.82, 2.24) is 29.7 Å². The van der Waals surface area contributed by atoms with Crippen molar-refractivity contribution in [2.24, 2.45) is 0 Å². The summed E-state index contributed by atoms with van der Waals surface area (Å²) in [5.74, 6) is 8.14. The molecule has 258 valence electrons. The third-order valence-electron chi connectivity index (χ3n) is 8.96. The number of carbonyl (C=O) groups is 2. The molecule has 0 aliphatic carbocycles. The summed E-state index contributed by atoms with van der Waals surface area (Å²) >= 11 is 0. The highest BCUT2D eigenvalue weighted by atomic mass is 16.6. The van der Waals surface area contributed by atoms with E-state index >= 15 is 0 Å². The molecule has 2 fully saturated rings. The van der Waals surface area contributed by atoms with Gasteiger partial charge in [-0.3, -0.25) is 9.80 Å². The van der Waals surface area contributed by atoms with Gasteiger partial charge in [0, 0.05) is 24.2 Å². The van der Waals surface area contributed by atoms with E-state index in [1.165, 1.54) is 0 Å². The average molecular weight is 673 g/mol. The lowest BCUT2D eigenvalue weighted by molar-refractivity contribution is 0.0208. The quantitative estimate of drug-likeness (QED) is 0.185. The van der Waals surface area contributed by atoms with Crippen LogP contribution in [0.5, 0.6) is 0 Å². The van der Waals surface area contributed by atoms with Gasteiger partial charge in [0.1, 0.15) is 22.9 Å². The third kappa shape index (κ3) is 7.18. The van der Waals surface area contributed by atoms with Crippen molar-refractivity contribution in [3.8, 4) is 23.0 Å². The molecule has 2 aliphatic rings. The Morgan fingerprint density at radius 2 is 1.12 bits per heavy atom. The first-order valence-electron chi connectivity index (χ1n) is 17.4. The number of likely N-dealkylation sites (tertiary alicyclic amines) is 2. The minimum atomic E-state index is -0.546. The van der Waals surface area contributed by atoms with Crippen molar-refractivity contribution in [3.05, 3.63) is 83.4 Å². The molecule has 0 saturated carbocycles. The molecule has 10 nitrogen and oxygen atoms in total. The number of nitrogens with one attached hydrogen (secondary N) is 2. The second kappa shape index (κ2) is 12.9. The predicted molar refractivity (Wildman–Crippen MR) is 193 cm³/mol. The molecule has 2 atom stereocenters. The number of ether oxygens (including phenoxy) is 2. The summed E-state index contributed by atoms with van der Waals surface area (Å²) in [6.45, 7) is 12.6. The maximum absolute atomic E-state index is 12.8. The molecule has 50 heavy (non-hydrogen) atoms. The predicted octanol–water partition coefficient (Wildman–Crippen LogP) is 8.65. The Labute approximate surface area is 292 Å². The Morgan fingerprint density at radius 1 is 0.660 bits per heavy atom. The lowest BCUT2D eigenvalue weighted by Crippen LogP contribution is -2.36. The van der Waals surface area contributed by atoms with E-state index in [9.17, 15) is 9.59 Å². The van der Waals surface area contributed by atoms with Gasteiger partial charge in [0.15, 0.2) is 0 Å². The summed E-state index contributed by atoms with van der Waals surface area (Å²) < 4.78 is 11.3. The molecule has 7 rings (SSSR count). The topological polar surface area (TPSA) is 116 Å². The van der Waals surface area contributed by atoms with Gasteiger partial charge in [-0.05, 0) is 121 Å². The Hall–Kier alpha value is -5.30. The second-order valence-corrected chi connectivity index (χ2v) is 15.2. The molecule has 0 unspecified atom stereocenters. The molecule has 10 heteroatoms. The van der Waals surface area contributed by atoms with Crippen LogP contribution in [0.2, 0.25) is 0 Å². The fourth-order valence-electron chi connectivity index (χ4n) is 6.70. The van der Waals surface area contributed by atoms with Crippen molar-refractivity contribution >= 4 is 34.3 Å². The fourth-order valence-corrected chi connectivity index (χ4v) is 6.70. The second-order valence-electron chi connectivity index (χ2n) is 15.2. The zero-order valence-electron chi connectivity index (χ0n) is 29.6. The van der Waals surface area contributed by atoms with Gasteiger partial charge in [-0.1, -0.05) is 30.0 Å². The highest BCUT2D eigenvalue weighted by Gasteiger charge is 2.36. The minimum absolute atomic E-state index is 0.128. The van der Waals surface area contributed by atoms with E-state index in [1.807, 2.05) is 77.9 Å². The zero-order chi connectivity index (χ0) is 35.2. The van der Waals surface area contributed by atoms with E-state index in [-0.39, 0.29) is 24.3 Å². The number of rotatable bonds is 3. The van der Waals surface area contributed by atoms with E-state index in [0.717, 1.165) is 81.7 Å². The minimum Gasteiger partial charge on any atom is -0.444 e. The van der Waals surface area contributed by atoms with E-state index in [2.05, 4.69) is 46.1 Å². The van der Waals surface area contributed by atoms with Gasteiger partial charge < -0.3 is 19.4 Å². The van der Waals surface area contributed by atoms with Crippen LogP contribution in [0.4, 0.5) is 9.59 Å². The molecule has 2 amide bonds. The highest BCUT2D eigenvalue weighted by Crippen LogP contribution is 2.35. The number of carbonyl (C=O) groups excluding carboxylic acids is 2. The van der Waals surface area contributed by atoms with Gasteiger partial charge in [-0.2, -0.15) is 0 Å². The van der Waals surface area contributed by atoms with Gasteiger partial charge in [-0.25, -0.2) is 19.6 Å². The first-order valence-corrected chi connectivity index (χ1v) is 17.4. The van der Waals surface area contributed by atoms with Crippen LogP contribution in [-0.2, 0) is 9.47 Å². The summed E-state index contributed by atoms with van der Waals surface area (Å²) in [5.41, 5.74) is 6.36. The van der Waals surface area contributed by atoms with Gasteiger partial charge in [-0.15, -0.1) is 0 Å². The molecular formula is C40H44N6O4. The van der Waals surface area contributed by atoms with Crippen LogP contribution < -0.4 is 0 Å². The number of nitrogens with zero attached hydrogens (tertiary/aromatic N) is 4. The number of hydrogen-bond donors (Lipinski definition) is 2. The van der Waals surface area contributed by atoms with E-state index in [0.29, 0.717) is 13.1 Å². The highest BCUT2D eigenvalue weighted by molar-refractivity contribution is 5.82. The standard InChI is InChI=1S/C40H44N6O4/c1-39(2,3)49-37(47)45-21-7-9-33(45)35-41-29-19-15-26(23-31(29)43-35)12-11-25-13-16-27(17-14-25)28-18-20-30-32(24-28)44-36(42-30)34-10-8-22-46(34)38(48)50-40(4,5)6/h13-20,23-24,33-34H,7-10,21-22H2,1-6H3,(H,41,43)(H,42,44)/t33-,34-/m0/s1. The lowest BCUT2D eigenvalue weighted by Gasteiger charge is -2.27. The maximum atomic E-state index is 12.8. The summed E-state index contributed by atoms with van der Waals surface area (Å²) in [6.07, 6.45) is 2.91. The largest absolute Gasteiger partial charge is 0.444 e. The molecule has 2 aromatic heterocycles. The Morgan fingerprint density at radius 3 is 1.66 bits per heavy atom. The number of aromatic amines is 2. The summed E-state index contributed by atoms with van der Waals surface area (Å²) in [7, 11) is 0. The Kier molecular flexibility index (Phi) is 8.54. The Bertz CT molecular complexity index is 2120. The van der Waals surface area contributed by atoms with Gasteiger partial charge in [0.2, 0.25) is 0 Å². The van der Waals surface area contributed by atoms with E-state index < -0.39 is 11.2 Å². The van der Waals surface area contributed by atoms with Crippen LogP contribution in [0.25, 0.3) is 33.2 Å². The number of H-pyrrole nitrogens is 2. The fraction of sp³-hybridized carbons (Fsp3) is 0.400. The number of benzene rings is 3. The first kappa shape index (κ1) is 33.2. The van der Waals surface area contributed by atoms with Crippen LogP contribution in [-0.4, -0.2) is 66.2 Å². The maximum Gasteiger partial charge on any atom is 0.410 e. The van der Waals surface area contributed by atoms with Gasteiger partial charge in [0.05, 0.1) is 34.2 Å². The van der Waals surface area contributed by atoms with Crippen molar-refractivity contribution in [3.63, 3.8) is 0 Å². The number of imidazole rings is 2. The summed E-state index contributed by atoms with van der Waals surface area (Å²) in [5, 5.41) is 0. The molecule has 2 N–H and O–H groups in total. The van der Waals surface area contributed by atoms with Gasteiger partial charge in [0.25, 0.3) is 0 Å². The molecule has 2 saturated heterocycles. The summed E-state index contributed by atoms with van der Waals surface area (Å²) in [6, 6.07) is 20.1. The molecular weight excluding hydrogens is 628 g/mol. The SMILES string of the molecule is CC(C)(C)OC(=O)N1CCC[C@H]1c1nc2ccc(C#Cc3ccc(-c4ccc5nc([C@@H]6CCCN6C(=O)OC(C)(C)C)[nH]c5c4)cc3)cc2[nH]1. The van der Waals surface area contributed by atoms with Crippen LogP contribution >= 0.6 is 0 Å². The smallest absolute Gasteiger partial charge is 0.410 e. The number of hydrogen-bond acceptors (Lipinski definition) is 6. The van der Waals surface area contributed by atoms with Crippen molar-refractivity contribution < 1.29 is 19.1 Å². The van der Waals surface area contributed by atoms with Crippen LogP contribution in [0.3, 0.4) is 0 Å². The van der Waals surface area contributed by atoms with E-state index in [4.69, 9.17) is 19.4 Å². The molecule has 4 heterocycles. The lowest BCUT2D eigenvalue weighted by atomic mass is 10.0. The molecule has 2 aliphatic heterocycles. The monoisotopic (exact) mass is 672 g/mol. The summed E-state index contributed by atoms with van der Waals surface area (Å²) in [4.78, 5) is 45.8. The number of aromatic nitrogens is 4. The first-order chi connectivity index (χ1) is 23.8. The van der Waals surface area contributed by atoms with Crippen molar-refractivity contribution in [1.29, 1.82) is 0 Å². The van der Waals surface area contributed by atoms with Crippen molar-refractivity contribution in [2.45, 2.75) is 90.5 Å². The molecule has 5 aromatic rings. The average Bonchev–Trinajstić information content (AvgIpc) is 3.86. The molecule has 0 radical (unpaired) electrons. The third-order valence-corrected chi connectivity index (χ3v) is 8.96. The van der Waals surface area contributed by atoms with E-state index in [1.54, 1.807) is 9.80 Å². The van der Waals surface area contributed by atoms with Crippen LogP contribution in [0.1, 0.15) is 102 Å². The zero-order valence-corrected chi connectivity index (χ0v) is 29.6. The number of fused-ring (bicyclic) bond motifs is 2. The number of amides is 2. The van der Waals surface area contributed by atoms with Crippen LogP contribution in [0.15, 0.2) is 60.7 Å². The molecule has 0 bridgehead atoms.